The van der Waals surface area contributed by atoms with Crippen LogP contribution >= 0.6 is 0 Å². The van der Waals surface area contributed by atoms with Crippen molar-refractivity contribution in [1.82, 2.24) is 0 Å². The molecule has 3 nitrogen and oxygen atoms in total. The third-order valence-electron chi connectivity index (χ3n) is 2.55. The van der Waals surface area contributed by atoms with E-state index in [9.17, 15) is 0 Å². The summed E-state index contributed by atoms with van der Waals surface area (Å²) in [5.41, 5.74) is 5.97. The van der Waals surface area contributed by atoms with Crippen molar-refractivity contribution in [3.05, 3.63) is 12.7 Å². The van der Waals surface area contributed by atoms with Crippen molar-refractivity contribution in [2.24, 2.45) is 5.73 Å². The highest BCUT2D eigenvalue weighted by atomic mass is 16.5. The second-order valence-electron chi connectivity index (χ2n) is 4.08. The predicted molar refractivity (Wildman–Crippen MR) is 68.6 cm³/mol. The Labute approximate surface area is 100.0 Å². The van der Waals surface area contributed by atoms with Gasteiger partial charge in [0.15, 0.2) is 0 Å². The minimum absolute atomic E-state index is 0.284. The molecule has 0 aliphatic carbocycles. The predicted octanol–water partition coefficient (Wildman–Crippen LogP) is 2.50. The average Bonchev–Trinajstić information content (AvgIpc) is 2.28. The highest BCUT2D eigenvalue weighted by Gasteiger charge is 2.01. The summed E-state index contributed by atoms with van der Waals surface area (Å²) in [4.78, 5) is 0. The van der Waals surface area contributed by atoms with Crippen LogP contribution < -0.4 is 5.73 Å². The number of nitrogens with two attached hydrogens (primary N) is 1. The van der Waals surface area contributed by atoms with E-state index in [0.717, 1.165) is 25.9 Å². The van der Waals surface area contributed by atoms with Gasteiger partial charge in [0, 0.05) is 19.8 Å². The molecular formula is C13H27NO2. The van der Waals surface area contributed by atoms with Gasteiger partial charge in [-0.05, 0) is 25.7 Å². The molecule has 0 aromatic carbocycles. The molecule has 16 heavy (non-hydrogen) atoms. The van der Waals surface area contributed by atoms with Gasteiger partial charge in [-0.2, -0.15) is 0 Å². The Morgan fingerprint density at radius 2 is 1.94 bits per heavy atom. The number of methoxy groups -OCH3 is 1. The minimum atomic E-state index is 0.284. The Hall–Kier alpha value is -0.380. The molecule has 2 N–H and O–H groups in total. The Bertz CT molecular complexity index is 151. The van der Waals surface area contributed by atoms with Crippen LogP contribution in [-0.4, -0.2) is 33.0 Å². The molecule has 0 aromatic rings. The molecule has 0 fully saturated rings. The first kappa shape index (κ1) is 15.6. The van der Waals surface area contributed by atoms with E-state index in [1.807, 2.05) is 6.08 Å². The smallest absolute Gasteiger partial charge is 0.0700 e. The van der Waals surface area contributed by atoms with E-state index in [4.69, 9.17) is 15.2 Å². The van der Waals surface area contributed by atoms with Gasteiger partial charge < -0.3 is 15.2 Å². The quantitative estimate of drug-likeness (QED) is 0.413. The number of ether oxygens (including phenoxy) is 2. The zero-order chi connectivity index (χ0) is 12.1. The molecule has 96 valence electrons. The van der Waals surface area contributed by atoms with Crippen molar-refractivity contribution >= 4 is 0 Å². The third kappa shape index (κ3) is 11.7. The number of hydrogen-bond donors (Lipinski definition) is 1. The van der Waals surface area contributed by atoms with Crippen LogP contribution in [0.5, 0.6) is 0 Å². The van der Waals surface area contributed by atoms with Gasteiger partial charge in [-0.3, -0.25) is 0 Å². The molecule has 3 heteroatoms. The molecule has 0 aliphatic rings. The maximum Gasteiger partial charge on any atom is 0.0700 e. The Morgan fingerprint density at radius 1 is 1.12 bits per heavy atom. The van der Waals surface area contributed by atoms with Crippen LogP contribution in [0.4, 0.5) is 0 Å². The highest BCUT2D eigenvalue weighted by molar-refractivity contribution is 4.66. The molecule has 0 radical (unpaired) electrons. The fourth-order valence-corrected chi connectivity index (χ4v) is 1.50. The van der Waals surface area contributed by atoms with Crippen LogP contribution in [0.1, 0.15) is 38.5 Å². The van der Waals surface area contributed by atoms with E-state index in [2.05, 4.69) is 6.58 Å². The van der Waals surface area contributed by atoms with Crippen LogP contribution in [0.3, 0.4) is 0 Å². The third-order valence-corrected chi connectivity index (χ3v) is 2.55. The average molecular weight is 229 g/mol. The normalized spacial score (nSPS) is 12.6. The molecular weight excluding hydrogens is 202 g/mol. The van der Waals surface area contributed by atoms with Gasteiger partial charge in [0.05, 0.1) is 13.2 Å². The van der Waals surface area contributed by atoms with Gasteiger partial charge in [-0.1, -0.05) is 18.9 Å². The summed E-state index contributed by atoms with van der Waals surface area (Å²) in [5, 5.41) is 0. The zero-order valence-electron chi connectivity index (χ0n) is 10.6. The lowest BCUT2D eigenvalue weighted by molar-refractivity contribution is 0.0668. The van der Waals surface area contributed by atoms with Gasteiger partial charge in [-0.15, -0.1) is 6.58 Å². The molecule has 0 aromatic heterocycles. The number of rotatable bonds is 12. The summed E-state index contributed by atoms with van der Waals surface area (Å²) in [6, 6.07) is 0.284. The summed E-state index contributed by atoms with van der Waals surface area (Å²) >= 11 is 0. The molecule has 0 saturated carbocycles. The lowest BCUT2D eigenvalue weighted by Gasteiger charge is -2.11. The van der Waals surface area contributed by atoms with Gasteiger partial charge >= 0.3 is 0 Å². The summed E-state index contributed by atoms with van der Waals surface area (Å²) in [6.45, 7) is 5.79. The molecule has 0 saturated heterocycles. The molecule has 0 amide bonds. The molecule has 0 aliphatic heterocycles. The van der Waals surface area contributed by atoms with Crippen molar-refractivity contribution in [2.45, 2.75) is 44.6 Å². The topological polar surface area (TPSA) is 44.5 Å². The maximum absolute atomic E-state index is 5.97. The van der Waals surface area contributed by atoms with Crippen LogP contribution in [-0.2, 0) is 9.47 Å². The van der Waals surface area contributed by atoms with Crippen LogP contribution in [0.15, 0.2) is 12.7 Å². The second-order valence-corrected chi connectivity index (χ2v) is 4.08. The van der Waals surface area contributed by atoms with E-state index in [1.54, 1.807) is 7.11 Å². The van der Waals surface area contributed by atoms with Crippen molar-refractivity contribution in [3.63, 3.8) is 0 Å². The summed E-state index contributed by atoms with van der Waals surface area (Å²) in [5.74, 6) is 0. The standard InChI is InChI=1S/C13H27NO2/c1-3-4-5-6-7-8-13(14)9-10-16-12-11-15-2/h3,13H,1,4-12,14H2,2H3. The molecule has 0 bridgehead atoms. The monoisotopic (exact) mass is 229 g/mol. The summed E-state index contributed by atoms with van der Waals surface area (Å²) in [7, 11) is 1.68. The zero-order valence-corrected chi connectivity index (χ0v) is 10.6. The van der Waals surface area contributed by atoms with Crippen LogP contribution in [0.25, 0.3) is 0 Å². The van der Waals surface area contributed by atoms with Crippen molar-refractivity contribution in [2.75, 3.05) is 26.9 Å². The number of allylic oxidation sites excluding steroid dienone is 1. The molecule has 0 rings (SSSR count). The molecule has 1 unspecified atom stereocenters. The minimum Gasteiger partial charge on any atom is -0.382 e. The fourth-order valence-electron chi connectivity index (χ4n) is 1.50. The first-order valence-corrected chi connectivity index (χ1v) is 6.24. The van der Waals surface area contributed by atoms with Crippen LogP contribution in [0, 0.1) is 0 Å². The first-order chi connectivity index (χ1) is 7.81. The van der Waals surface area contributed by atoms with E-state index in [0.29, 0.717) is 13.2 Å². The van der Waals surface area contributed by atoms with Crippen molar-refractivity contribution in [1.29, 1.82) is 0 Å². The van der Waals surface area contributed by atoms with Gasteiger partial charge in [-0.25, -0.2) is 0 Å². The summed E-state index contributed by atoms with van der Waals surface area (Å²) in [6.07, 6.45) is 8.85. The van der Waals surface area contributed by atoms with Crippen molar-refractivity contribution in [3.8, 4) is 0 Å². The van der Waals surface area contributed by atoms with Crippen molar-refractivity contribution < 1.29 is 9.47 Å². The Balaban J connectivity index is 3.11. The van der Waals surface area contributed by atoms with E-state index in [-0.39, 0.29) is 6.04 Å². The highest BCUT2D eigenvalue weighted by Crippen LogP contribution is 2.06. The largest absolute Gasteiger partial charge is 0.382 e. The first-order valence-electron chi connectivity index (χ1n) is 6.24. The van der Waals surface area contributed by atoms with E-state index >= 15 is 0 Å². The lowest BCUT2D eigenvalue weighted by atomic mass is 10.1. The number of hydrogen-bond acceptors (Lipinski definition) is 3. The van der Waals surface area contributed by atoms with E-state index < -0.39 is 0 Å². The molecule has 0 spiro atoms. The lowest BCUT2D eigenvalue weighted by Crippen LogP contribution is -2.22. The van der Waals surface area contributed by atoms with Gasteiger partial charge in [0.1, 0.15) is 0 Å². The van der Waals surface area contributed by atoms with Gasteiger partial charge in [0.25, 0.3) is 0 Å². The Morgan fingerprint density at radius 3 is 2.62 bits per heavy atom. The molecule has 1 atom stereocenters. The molecule has 0 heterocycles. The van der Waals surface area contributed by atoms with E-state index in [1.165, 1.54) is 19.3 Å². The summed E-state index contributed by atoms with van der Waals surface area (Å²) < 4.78 is 10.3. The Kier molecular flexibility index (Phi) is 12.4. The van der Waals surface area contributed by atoms with Gasteiger partial charge in [0.2, 0.25) is 0 Å². The van der Waals surface area contributed by atoms with Crippen LogP contribution in [0.2, 0.25) is 0 Å². The maximum atomic E-state index is 5.97. The fraction of sp³-hybridized carbons (Fsp3) is 0.846. The number of unbranched alkanes of at least 4 members (excludes halogenated alkanes) is 3. The SMILES string of the molecule is C=CCCCCCC(N)CCOCCOC. The second kappa shape index (κ2) is 12.7.